The van der Waals surface area contributed by atoms with Crippen LogP contribution < -0.4 is 11.3 Å². The number of hydrogen-bond acceptors (Lipinski definition) is 2. The van der Waals surface area contributed by atoms with Crippen LogP contribution in [0.4, 0.5) is 0 Å². The second-order valence-corrected chi connectivity index (χ2v) is 2.56. The molecule has 0 fully saturated rings. The van der Waals surface area contributed by atoms with Gasteiger partial charge in [0.15, 0.2) is 0 Å². The molecule has 0 bridgehead atoms. The van der Waals surface area contributed by atoms with E-state index in [0.717, 1.165) is 4.60 Å². The Bertz CT molecular complexity index is 245. The number of aromatic amines is 1. The van der Waals surface area contributed by atoms with Gasteiger partial charge in [0, 0.05) is 6.20 Å². The predicted molar refractivity (Wildman–Crippen MR) is 40.1 cm³/mol. The number of nitrogens with one attached hydrogen (secondary N) is 2. The van der Waals surface area contributed by atoms with Crippen molar-refractivity contribution < 1.29 is 4.79 Å². The Morgan fingerprint density at radius 1 is 1.80 bits per heavy atom. The first-order chi connectivity index (χ1) is 4.74. The van der Waals surface area contributed by atoms with E-state index in [0.29, 0.717) is 5.56 Å². The van der Waals surface area contributed by atoms with Crippen LogP contribution >= 0.6 is 15.9 Å². The Labute approximate surface area is 65.9 Å². The molecule has 5 heteroatoms. The summed E-state index contributed by atoms with van der Waals surface area (Å²) in [5.74, 6) is 4.58. The maximum absolute atomic E-state index is 10.7. The van der Waals surface area contributed by atoms with Gasteiger partial charge in [0.05, 0.1) is 10.2 Å². The summed E-state index contributed by atoms with van der Waals surface area (Å²) in [6.45, 7) is 0. The van der Waals surface area contributed by atoms with E-state index in [1.165, 1.54) is 0 Å². The summed E-state index contributed by atoms with van der Waals surface area (Å²) in [6, 6.07) is 1.64. The third-order valence-corrected chi connectivity index (χ3v) is 1.50. The van der Waals surface area contributed by atoms with Crippen molar-refractivity contribution in [1.29, 1.82) is 0 Å². The van der Waals surface area contributed by atoms with Crippen LogP contribution in [0.3, 0.4) is 0 Å². The average Bonchev–Trinajstić information content (AvgIpc) is 2.34. The van der Waals surface area contributed by atoms with Gasteiger partial charge in [-0.15, -0.1) is 0 Å². The first-order valence-corrected chi connectivity index (χ1v) is 3.38. The molecule has 0 saturated heterocycles. The molecular weight excluding hydrogens is 198 g/mol. The monoisotopic (exact) mass is 203 g/mol. The lowest BCUT2D eigenvalue weighted by atomic mass is 10.3. The van der Waals surface area contributed by atoms with E-state index in [4.69, 9.17) is 5.84 Å². The number of nitrogen functional groups attached to an aromatic ring is 1. The molecule has 0 saturated carbocycles. The minimum atomic E-state index is -0.304. The molecule has 0 aliphatic rings. The molecule has 54 valence electrons. The number of hydrogen-bond donors (Lipinski definition) is 3. The number of hydrazine groups is 1. The van der Waals surface area contributed by atoms with E-state index in [9.17, 15) is 4.79 Å². The number of rotatable bonds is 1. The molecule has 0 radical (unpaired) electrons. The summed E-state index contributed by atoms with van der Waals surface area (Å²) in [5, 5.41) is 0. The van der Waals surface area contributed by atoms with Crippen molar-refractivity contribution in [3.05, 3.63) is 22.4 Å². The van der Waals surface area contributed by atoms with Crippen LogP contribution in [0.2, 0.25) is 0 Å². The van der Waals surface area contributed by atoms with Gasteiger partial charge in [-0.25, -0.2) is 5.84 Å². The smallest absolute Gasteiger partial charge is 0.266 e. The highest BCUT2D eigenvalue weighted by Gasteiger charge is 2.03. The highest BCUT2D eigenvalue weighted by atomic mass is 79.9. The maximum atomic E-state index is 10.7. The van der Waals surface area contributed by atoms with Gasteiger partial charge in [-0.05, 0) is 22.0 Å². The SMILES string of the molecule is NNC(=O)c1c[nH]c(Br)c1. The minimum Gasteiger partial charge on any atom is -0.355 e. The first kappa shape index (κ1) is 7.30. The van der Waals surface area contributed by atoms with E-state index < -0.39 is 0 Å². The van der Waals surface area contributed by atoms with Crippen molar-refractivity contribution in [3.8, 4) is 0 Å². The van der Waals surface area contributed by atoms with Gasteiger partial charge in [-0.3, -0.25) is 10.2 Å². The Hall–Kier alpha value is -0.810. The molecule has 1 rings (SSSR count). The molecule has 1 aromatic heterocycles. The summed E-state index contributed by atoms with van der Waals surface area (Å²) in [6.07, 6.45) is 1.56. The molecule has 0 spiro atoms. The van der Waals surface area contributed by atoms with E-state index in [-0.39, 0.29) is 5.91 Å². The summed E-state index contributed by atoms with van der Waals surface area (Å²) in [4.78, 5) is 13.5. The van der Waals surface area contributed by atoms with Gasteiger partial charge in [0.2, 0.25) is 0 Å². The second-order valence-electron chi connectivity index (χ2n) is 1.71. The number of aromatic nitrogens is 1. The van der Waals surface area contributed by atoms with Gasteiger partial charge in [-0.1, -0.05) is 0 Å². The number of amides is 1. The van der Waals surface area contributed by atoms with Gasteiger partial charge >= 0.3 is 0 Å². The maximum Gasteiger partial charge on any atom is 0.266 e. The number of carbonyl (C=O) groups is 1. The minimum absolute atomic E-state index is 0.304. The molecule has 0 unspecified atom stereocenters. The fourth-order valence-corrected chi connectivity index (χ4v) is 0.942. The predicted octanol–water partition coefficient (Wildman–Crippen LogP) is 0.381. The second kappa shape index (κ2) is 2.85. The molecule has 0 atom stereocenters. The van der Waals surface area contributed by atoms with Crippen molar-refractivity contribution in [1.82, 2.24) is 10.4 Å². The van der Waals surface area contributed by atoms with Crippen LogP contribution in [-0.2, 0) is 0 Å². The highest BCUT2D eigenvalue weighted by Crippen LogP contribution is 2.08. The third-order valence-electron chi connectivity index (χ3n) is 1.04. The molecule has 1 heterocycles. The van der Waals surface area contributed by atoms with Gasteiger partial charge in [0.1, 0.15) is 0 Å². The zero-order valence-corrected chi connectivity index (χ0v) is 6.60. The molecule has 10 heavy (non-hydrogen) atoms. The van der Waals surface area contributed by atoms with Crippen molar-refractivity contribution in [2.75, 3.05) is 0 Å². The lowest BCUT2D eigenvalue weighted by molar-refractivity contribution is 0.0954. The zero-order valence-electron chi connectivity index (χ0n) is 5.02. The van der Waals surface area contributed by atoms with E-state index >= 15 is 0 Å². The van der Waals surface area contributed by atoms with Gasteiger partial charge in [-0.2, -0.15) is 0 Å². The van der Waals surface area contributed by atoms with Crippen LogP contribution in [-0.4, -0.2) is 10.9 Å². The largest absolute Gasteiger partial charge is 0.355 e. The van der Waals surface area contributed by atoms with Crippen LogP contribution in [0.25, 0.3) is 0 Å². The first-order valence-electron chi connectivity index (χ1n) is 2.59. The summed E-state index contributed by atoms with van der Waals surface area (Å²) < 4.78 is 0.756. The number of carbonyl (C=O) groups excluding carboxylic acids is 1. The third kappa shape index (κ3) is 1.37. The topological polar surface area (TPSA) is 70.9 Å². The number of H-pyrrole nitrogens is 1. The fourth-order valence-electron chi connectivity index (χ4n) is 0.581. The van der Waals surface area contributed by atoms with Crippen molar-refractivity contribution in [3.63, 3.8) is 0 Å². The normalized spacial score (nSPS) is 9.40. The zero-order chi connectivity index (χ0) is 7.56. The molecule has 4 N–H and O–H groups in total. The van der Waals surface area contributed by atoms with Gasteiger partial charge < -0.3 is 4.98 Å². The molecule has 1 aromatic rings. The van der Waals surface area contributed by atoms with E-state index in [1.807, 2.05) is 5.43 Å². The number of nitrogens with two attached hydrogens (primary N) is 1. The Morgan fingerprint density at radius 2 is 2.50 bits per heavy atom. The van der Waals surface area contributed by atoms with Crippen LogP contribution in [0, 0.1) is 0 Å². The molecule has 1 amide bonds. The van der Waals surface area contributed by atoms with E-state index in [2.05, 4.69) is 20.9 Å². The molecule has 4 nitrogen and oxygen atoms in total. The Kier molecular flexibility index (Phi) is 2.08. The highest BCUT2D eigenvalue weighted by molar-refractivity contribution is 9.10. The van der Waals surface area contributed by atoms with Crippen molar-refractivity contribution in [2.45, 2.75) is 0 Å². The lowest BCUT2D eigenvalue weighted by Gasteiger charge is -1.90. The molecule has 0 aliphatic carbocycles. The lowest BCUT2D eigenvalue weighted by Crippen LogP contribution is -2.29. The molecular formula is C5H6BrN3O. The Balaban J connectivity index is 2.85. The summed E-state index contributed by atoms with van der Waals surface area (Å²) in [5.41, 5.74) is 2.52. The fraction of sp³-hybridized carbons (Fsp3) is 0. The standard InChI is InChI=1S/C5H6BrN3O/c6-4-1-3(2-8-4)5(10)9-7/h1-2,8H,7H2,(H,9,10). The van der Waals surface area contributed by atoms with Crippen molar-refractivity contribution >= 4 is 21.8 Å². The number of halogens is 1. The Morgan fingerprint density at radius 3 is 2.90 bits per heavy atom. The summed E-state index contributed by atoms with van der Waals surface area (Å²) >= 11 is 3.15. The van der Waals surface area contributed by atoms with Crippen LogP contribution in [0.5, 0.6) is 0 Å². The van der Waals surface area contributed by atoms with Crippen LogP contribution in [0.1, 0.15) is 10.4 Å². The van der Waals surface area contributed by atoms with Gasteiger partial charge in [0.25, 0.3) is 5.91 Å². The van der Waals surface area contributed by atoms with Crippen molar-refractivity contribution in [2.24, 2.45) is 5.84 Å². The molecule has 0 aromatic carbocycles. The molecule has 0 aliphatic heterocycles. The average molecular weight is 204 g/mol. The van der Waals surface area contributed by atoms with Crippen LogP contribution in [0.15, 0.2) is 16.9 Å². The summed E-state index contributed by atoms with van der Waals surface area (Å²) in [7, 11) is 0. The quantitative estimate of drug-likeness (QED) is 0.351. The van der Waals surface area contributed by atoms with E-state index in [1.54, 1.807) is 12.3 Å².